The first-order chi connectivity index (χ1) is 16.5. The van der Waals surface area contributed by atoms with E-state index in [-0.39, 0.29) is 22.3 Å². The molecule has 1 fully saturated rings. The molecule has 0 aliphatic heterocycles. The third-order valence-electron chi connectivity index (χ3n) is 7.02. The number of rotatable bonds is 6. The van der Waals surface area contributed by atoms with Crippen molar-refractivity contribution in [1.82, 2.24) is 4.57 Å². The van der Waals surface area contributed by atoms with Crippen molar-refractivity contribution in [1.29, 1.82) is 0 Å². The van der Waals surface area contributed by atoms with E-state index in [9.17, 15) is 14.4 Å². The summed E-state index contributed by atoms with van der Waals surface area (Å²) in [5, 5.41) is 4.10. The molecule has 35 heavy (non-hydrogen) atoms. The molecule has 2 aromatic carbocycles. The van der Waals surface area contributed by atoms with Crippen LogP contribution in [0.25, 0.3) is 10.8 Å². The van der Waals surface area contributed by atoms with Crippen molar-refractivity contribution in [2.75, 3.05) is 5.32 Å². The number of amides is 2. The third kappa shape index (κ3) is 5.47. The van der Waals surface area contributed by atoms with Gasteiger partial charge in [0.1, 0.15) is 6.04 Å². The van der Waals surface area contributed by atoms with Crippen molar-refractivity contribution < 1.29 is 9.59 Å². The zero-order chi connectivity index (χ0) is 25.4. The highest BCUT2D eigenvalue weighted by atomic mass is 16.2. The molecule has 0 bridgehead atoms. The molecule has 2 amide bonds. The second-order valence-electron chi connectivity index (χ2n) is 11.5. The first-order valence-electron chi connectivity index (χ1n) is 12.2. The number of carbonyl (C=O) groups is 2. The van der Waals surface area contributed by atoms with Crippen LogP contribution < -0.4 is 16.6 Å². The lowest BCUT2D eigenvalue weighted by Crippen LogP contribution is -2.35. The van der Waals surface area contributed by atoms with Gasteiger partial charge in [-0.1, -0.05) is 64.1 Å². The van der Waals surface area contributed by atoms with E-state index in [0.717, 1.165) is 19.3 Å². The van der Waals surface area contributed by atoms with Gasteiger partial charge in [-0.05, 0) is 59.8 Å². The van der Waals surface area contributed by atoms with Crippen LogP contribution in [0.1, 0.15) is 65.0 Å². The molecule has 6 nitrogen and oxygen atoms in total. The molecule has 1 aliphatic carbocycles. The number of nitrogens with zero attached hydrogens (tertiary/aromatic N) is 1. The molecule has 0 radical (unpaired) electrons. The SMILES string of the molecule is CC1(C)CC(CC(=O)Nc2cccc3c(=O)n(C(C(N)=O)c4ccccc4)ccc23)CC(C)(C)C1. The van der Waals surface area contributed by atoms with Gasteiger partial charge in [-0.2, -0.15) is 0 Å². The van der Waals surface area contributed by atoms with Crippen LogP contribution in [0.4, 0.5) is 5.69 Å². The van der Waals surface area contributed by atoms with Gasteiger partial charge in [0, 0.05) is 29.1 Å². The molecular weight excluding hydrogens is 438 g/mol. The summed E-state index contributed by atoms with van der Waals surface area (Å²) in [5.74, 6) is -0.330. The molecule has 184 valence electrons. The minimum Gasteiger partial charge on any atom is -0.368 e. The number of fused-ring (bicyclic) bond motifs is 1. The van der Waals surface area contributed by atoms with E-state index in [2.05, 4.69) is 33.0 Å². The average molecular weight is 474 g/mol. The topological polar surface area (TPSA) is 94.2 Å². The molecule has 6 heteroatoms. The molecule has 0 spiro atoms. The minimum atomic E-state index is -0.913. The van der Waals surface area contributed by atoms with Crippen molar-refractivity contribution in [3.8, 4) is 0 Å². The number of pyridine rings is 1. The van der Waals surface area contributed by atoms with E-state index in [0.29, 0.717) is 34.4 Å². The smallest absolute Gasteiger partial charge is 0.259 e. The van der Waals surface area contributed by atoms with Crippen LogP contribution in [-0.2, 0) is 9.59 Å². The fourth-order valence-electron chi connectivity index (χ4n) is 6.39. The number of aromatic nitrogens is 1. The fourth-order valence-corrected chi connectivity index (χ4v) is 6.39. The van der Waals surface area contributed by atoms with Gasteiger partial charge in [0.25, 0.3) is 5.56 Å². The van der Waals surface area contributed by atoms with Crippen LogP contribution in [0.3, 0.4) is 0 Å². The molecule has 1 aromatic heterocycles. The van der Waals surface area contributed by atoms with Gasteiger partial charge in [0.2, 0.25) is 11.8 Å². The quantitative estimate of drug-likeness (QED) is 0.511. The van der Waals surface area contributed by atoms with Crippen LogP contribution in [0.5, 0.6) is 0 Å². The van der Waals surface area contributed by atoms with Crippen LogP contribution in [-0.4, -0.2) is 16.4 Å². The maximum atomic E-state index is 13.4. The molecular formula is C29H35N3O3. The molecule has 1 heterocycles. The summed E-state index contributed by atoms with van der Waals surface area (Å²) >= 11 is 0. The zero-order valence-electron chi connectivity index (χ0n) is 21.0. The largest absolute Gasteiger partial charge is 0.368 e. The van der Waals surface area contributed by atoms with Crippen LogP contribution in [0.15, 0.2) is 65.6 Å². The Morgan fingerprint density at radius 2 is 1.63 bits per heavy atom. The van der Waals surface area contributed by atoms with Gasteiger partial charge in [-0.15, -0.1) is 0 Å². The Balaban J connectivity index is 1.61. The van der Waals surface area contributed by atoms with Crippen LogP contribution in [0.2, 0.25) is 0 Å². The first kappa shape index (κ1) is 24.7. The maximum Gasteiger partial charge on any atom is 0.259 e. The normalized spacial score (nSPS) is 18.2. The van der Waals surface area contributed by atoms with E-state index in [1.807, 2.05) is 12.1 Å². The van der Waals surface area contributed by atoms with Gasteiger partial charge in [-0.25, -0.2) is 0 Å². The Hall–Kier alpha value is -3.41. The van der Waals surface area contributed by atoms with E-state index in [1.165, 1.54) is 4.57 Å². The predicted molar refractivity (Wildman–Crippen MR) is 140 cm³/mol. The zero-order valence-corrected chi connectivity index (χ0v) is 21.0. The third-order valence-corrected chi connectivity index (χ3v) is 7.02. The van der Waals surface area contributed by atoms with E-state index < -0.39 is 11.9 Å². The molecule has 1 saturated carbocycles. The number of nitrogens with one attached hydrogen (secondary N) is 1. The highest BCUT2D eigenvalue weighted by Crippen LogP contribution is 2.49. The van der Waals surface area contributed by atoms with Crippen molar-refractivity contribution in [2.24, 2.45) is 22.5 Å². The standard InChI is InChI=1S/C29H35N3O3/c1-28(2)16-19(17-29(3,4)18-28)15-24(33)31-23-12-8-11-22-21(23)13-14-32(27(22)35)25(26(30)34)20-9-6-5-7-10-20/h5-14,19,25H,15-18H2,1-4H3,(H2,30,34)(H,31,33). The second-order valence-corrected chi connectivity index (χ2v) is 11.5. The summed E-state index contributed by atoms with van der Waals surface area (Å²) in [6, 6.07) is 15.1. The number of primary amides is 1. The fraction of sp³-hybridized carbons (Fsp3) is 0.414. The second kappa shape index (κ2) is 9.33. The van der Waals surface area contributed by atoms with Crippen molar-refractivity contribution in [3.05, 3.63) is 76.7 Å². The number of hydrogen-bond donors (Lipinski definition) is 2. The molecule has 1 atom stereocenters. The number of hydrogen-bond acceptors (Lipinski definition) is 3. The summed E-state index contributed by atoms with van der Waals surface area (Å²) in [6.07, 6.45) is 5.24. The molecule has 0 saturated heterocycles. The van der Waals surface area contributed by atoms with Gasteiger partial charge in [-0.3, -0.25) is 19.0 Å². The highest BCUT2D eigenvalue weighted by molar-refractivity contribution is 6.02. The number of benzene rings is 2. The minimum absolute atomic E-state index is 0.0422. The van der Waals surface area contributed by atoms with Crippen molar-refractivity contribution in [3.63, 3.8) is 0 Å². The molecule has 3 N–H and O–H groups in total. The average Bonchev–Trinajstić information content (AvgIpc) is 2.74. The van der Waals surface area contributed by atoms with E-state index in [1.54, 1.807) is 48.7 Å². The Morgan fingerprint density at radius 3 is 2.26 bits per heavy atom. The molecule has 4 rings (SSSR count). The summed E-state index contributed by atoms with van der Waals surface area (Å²) in [7, 11) is 0. The maximum absolute atomic E-state index is 13.4. The summed E-state index contributed by atoms with van der Waals surface area (Å²) in [4.78, 5) is 38.7. The lowest BCUT2D eigenvalue weighted by atomic mass is 9.61. The lowest BCUT2D eigenvalue weighted by Gasteiger charge is -2.45. The molecule has 1 unspecified atom stereocenters. The molecule has 3 aromatic rings. The van der Waals surface area contributed by atoms with E-state index >= 15 is 0 Å². The predicted octanol–water partition coefficient (Wildman–Crippen LogP) is 5.26. The Kier molecular flexibility index (Phi) is 6.58. The Bertz CT molecular complexity index is 1290. The molecule has 1 aliphatic rings. The Morgan fingerprint density at radius 1 is 0.971 bits per heavy atom. The van der Waals surface area contributed by atoms with Crippen LogP contribution >= 0.6 is 0 Å². The summed E-state index contributed by atoms with van der Waals surface area (Å²) in [6.45, 7) is 9.12. The van der Waals surface area contributed by atoms with Gasteiger partial charge < -0.3 is 11.1 Å². The van der Waals surface area contributed by atoms with Crippen molar-refractivity contribution in [2.45, 2.75) is 59.4 Å². The summed E-state index contributed by atoms with van der Waals surface area (Å²) in [5.41, 5.74) is 7.02. The number of nitrogens with two attached hydrogens (primary N) is 1. The number of anilines is 1. The van der Waals surface area contributed by atoms with Gasteiger partial charge in [0.05, 0.1) is 0 Å². The number of carbonyl (C=O) groups excluding carboxylic acids is 2. The first-order valence-corrected chi connectivity index (χ1v) is 12.2. The lowest BCUT2D eigenvalue weighted by molar-refractivity contribution is -0.120. The van der Waals surface area contributed by atoms with Crippen molar-refractivity contribution >= 4 is 28.3 Å². The monoisotopic (exact) mass is 473 g/mol. The van der Waals surface area contributed by atoms with Gasteiger partial charge in [0.15, 0.2) is 0 Å². The van der Waals surface area contributed by atoms with E-state index in [4.69, 9.17) is 5.73 Å². The van der Waals surface area contributed by atoms with Crippen LogP contribution in [0, 0.1) is 16.7 Å². The Labute approximate surface area is 206 Å². The summed E-state index contributed by atoms with van der Waals surface area (Å²) < 4.78 is 1.36. The van der Waals surface area contributed by atoms with Gasteiger partial charge >= 0.3 is 0 Å². The highest BCUT2D eigenvalue weighted by Gasteiger charge is 2.39.